The standard InChI is InChI=1S/C11H15NO2/c1-8-4-3-7-12-10(8)6-5-9(2)11(13)14/h3-4,7,9H,5-6H2,1-2H3,(H,13,14). The summed E-state index contributed by atoms with van der Waals surface area (Å²) >= 11 is 0. The smallest absolute Gasteiger partial charge is 0.306 e. The van der Waals surface area contributed by atoms with Gasteiger partial charge in [-0.15, -0.1) is 0 Å². The number of aromatic nitrogens is 1. The first-order valence-electron chi connectivity index (χ1n) is 4.74. The Morgan fingerprint density at radius 2 is 2.36 bits per heavy atom. The second-order valence-corrected chi connectivity index (χ2v) is 3.54. The molecule has 1 aromatic rings. The van der Waals surface area contributed by atoms with Gasteiger partial charge < -0.3 is 5.11 Å². The zero-order valence-electron chi connectivity index (χ0n) is 8.53. The van der Waals surface area contributed by atoms with E-state index in [1.165, 1.54) is 0 Å². The molecule has 3 heteroatoms. The molecular formula is C11H15NO2. The van der Waals surface area contributed by atoms with Gasteiger partial charge in [0.05, 0.1) is 5.92 Å². The van der Waals surface area contributed by atoms with E-state index in [0.29, 0.717) is 6.42 Å². The minimum Gasteiger partial charge on any atom is -0.481 e. The molecule has 1 unspecified atom stereocenters. The first-order chi connectivity index (χ1) is 6.61. The van der Waals surface area contributed by atoms with Gasteiger partial charge in [0.25, 0.3) is 0 Å². The summed E-state index contributed by atoms with van der Waals surface area (Å²) in [6.07, 6.45) is 3.13. The molecule has 0 aliphatic carbocycles. The Balaban J connectivity index is 2.54. The minimum absolute atomic E-state index is 0.295. The van der Waals surface area contributed by atoms with Gasteiger partial charge in [0.15, 0.2) is 0 Å². The van der Waals surface area contributed by atoms with E-state index in [1.54, 1.807) is 13.1 Å². The number of pyridine rings is 1. The predicted octanol–water partition coefficient (Wildman–Crippen LogP) is 2.04. The number of hydrogen-bond acceptors (Lipinski definition) is 2. The lowest BCUT2D eigenvalue weighted by Gasteiger charge is -2.06. The number of hydrogen-bond donors (Lipinski definition) is 1. The number of carboxylic acid groups (broad SMARTS) is 1. The number of nitrogens with zero attached hydrogens (tertiary/aromatic N) is 1. The van der Waals surface area contributed by atoms with Gasteiger partial charge in [-0.1, -0.05) is 13.0 Å². The average molecular weight is 193 g/mol. The zero-order valence-corrected chi connectivity index (χ0v) is 8.53. The van der Waals surface area contributed by atoms with E-state index in [1.807, 2.05) is 19.1 Å². The molecule has 1 atom stereocenters. The second kappa shape index (κ2) is 4.74. The Morgan fingerprint density at radius 3 is 2.93 bits per heavy atom. The van der Waals surface area contributed by atoms with Gasteiger partial charge in [0.1, 0.15) is 0 Å². The quantitative estimate of drug-likeness (QED) is 0.796. The summed E-state index contributed by atoms with van der Waals surface area (Å²) in [4.78, 5) is 14.8. The lowest BCUT2D eigenvalue weighted by Crippen LogP contribution is -2.10. The number of aryl methyl sites for hydroxylation is 2. The van der Waals surface area contributed by atoms with Crippen molar-refractivity contribution in [2.75, 3.05) is 0 Å². The fraction of sp³-hybridized carbons (Fsp3) is 0.455. The van der Waals surface area contributed by atoms with E-state index in [0.717, 1.165) is 17.7 Å². The normalized spacial score (nSPS) is 12.4. The number of rotatable bonds is 4. The van der Waals surface area contributed by atoms with Crippen LogP contribution in [0.2, 0.25) is 0 Å². The highest BCUT2D eigenvalue weighted by atomic mass is 16.4. The summed E-state index contributed by atoms with van der Waals surface area (Å²) in [5.41, 5.74) is 2.13. The third-order valence-corrected chi connectivity index (χ3v) is 2.35. The molecule has 3 nitrogen and oxygen atoms in total. The Kier molecular flexibility index (Phi) is 3.63. The van der Waals surface area contributed by atoms with Crippen LogP contribution < -0.4 is 0 Å². The molecule has 1 rings (SSSR count). The molecule has 0 saturated heterocycles. The van der Waals surface area contributed by atoms with E-state index in [9.17, 15) is 4.79 Å². The lowest BCUT2D eigenvalue weighted by atomic mass is 10.0. The van der Waals surface area contributed by atoms with Gasteiger partial charge in [-0.25, -0.2) is 0 Å². The molecular weight excluding hydrogens is 178 g/mol. The van der Waals surface area contributed by atoms with Crippen molar-refractivity contribution in [2.45, 2.75) is 26.7 Å². The topological polar surface area (TPSA) is 50.2 Å². The van der Waals surface area contributed by atoms with Crippen molar-refractivity contribution in [3.8, 4) is 0 Å². The maximum Gasteiger partial charge on any atom is 0.306 e. The number of carboxylic acids is 1. The largest absolute Gasteiger partial charge is 0.481 e. The number of aliphatic carboxylic acids is 1. The van der Waals surface area contributed by atoms with Crippen molar-refractivity contribution >= 4 is 5.97 Å². The molecule has 76 valence electrons. The third kappa shape index (κ3) is 2.83. The minimum atomic E-state index is -0.737. The predicted molar refractivity (Wildman–Crippen MR) is 54.1 cm³/mol. The summed E-state index contributed by atoms with van der Waals surface area (Å²) in [5.74, 6) is -1.03. The molecule has 0 saturated carbocycles. The monoisotopic (exact) mass is 193 g/mol. The highest BCUT2D eigenvalue weighted by molar-refractivity contribution is 5.69. The zero-order chi connectivity index (χ0) is 10.6. The molecule has 0 amide bonds. The summed E-state index contributed by atoms with van der Waals surface area (Å²) in [6, 6.07) is 3.88. The van der Waals surface area contributed by atoms with Gasteiger partial charge in [-0.2, -0.15) is 0 Å². The van der Waals surface area contributed by atoms with Crippen molar-refractivity contribution in [1.82, 2.24) is 4.98 Å². The van der Waals surface area contributed by atoms with Crippen LogP contribution in [0.4, 0.5) is 0 Å². The van der Waals surface area contributed by atoms with Gasteiger partial charge in [0.2, 0.25) is 0 Å². The van der Waals surface area contributed by atoms with E-state index in [4.69, 9.17) is 5.11 Å². The van der Waals surface area contributed by atoms with Gasteiger partial charge in [-0.05, 0) is 31.4 Å². The van der Waals surface area contributed by atoms with Gasteiger partial charge in [0, 0.05) is 11.9 Å². The molecule has 0 radical (unpaired) electrons. The highest BCUT2D eigenvalue weighted by Gasteiger charge is 2.11. The maximum atomic E-state index is 10.6. The molecule has 14 heavy (non-hydrogen) atoms. The van der Waals surface area contributed by atoms with Crippen molar-refractivity contribution in [2.24, 2.45) is 5.92 Å². The van der Waals surface area contributed by atoms with E-state index in [2.05, 4.69) is 4.98 Å². The van der Waals surface area contributed by atoms with E-state index < -0.39 is 5.97 Å². The molecule has 0 aliphatic heterocycles. The highest BCUT2D eigenvalue weighted by Crippen LogP contribution is 2.10. The van der Waals surface area contributed by atoms with Crippen LogP contribution in [-0.4, -0.2) is 16.1 Å². The lowest BCUT2D eigenvalue weighted by molar-refractivity contribution is -0.141. The Bertz CT molecular complexity index is 323. The van der Waals surface area contributed by atoms with Crippen molar-refractivity contribution in [1.29, 1.82) is 0 Å². The van der Waals surface area contributed by atoms with Crippen molar-refractivity contribution in [3.05, 3.63) is 29.6 Å². The van der Waals surface area contributed by atoms with E-state index >= 15 is 0 Å². The van der Waals surface area contributed by atoms with Gasteiger partial charge >= 0.3 is 5.97 Å². The molecule has 0 fully saturated rings. The molecule has 0 bridgehead atoms. The summed E-state index contributed by atoms with van der Waals surface area (Å²) in [7, 11) is 0. The van der Waals surface area contributed by atoms with E-state index in [-0.39, 0.29) is 5.92 Å². The maximum absolute atomic E-state index is 10.6. The van der Waals surface area contributed by atoms with Crippen LogP contribution in [-0.2, 0) is 11.2 Å². The Hall–Kier alpha value is -1.38. The third-order valence-electron chi connectivity index (χ3n) is 2.35. The summed E-state index contributed by atoms with van der Waals surface area (Å²) in [6.45, 7) is 3.72. The molecule has 1 N–H and O–H groups in total. The first-order valence-corrected chi connectivity index (χ1v) is 4.74. The molecule has 1 heterocycles. The average Bonchev–Trinajstić information content (AvgIpc) is 2.16. The Labute approximate surface area is 83.8 Å². The molecule has 1 aromatic heterocycles. The Morgan fingerprint density at radius 1 is 1.64 bits per heavy atom. The fourth-order valence-corrected chi connectivity index (χ4v) is 1.26. The summed E-state index contributed by atoms with van der Waals surface area (Å²) in [5, 5.41) is 8.71. The van der Waals surface area contributed by atoms with Crippen LogP contribution in [0.15, 0.2) is 18.3 Å². The SMILES string of the molecule is Cc1cccnc1CCC(C)C(=O)O. The van der Waals surface area contributed by atoms with Crippen molar-refractivity contribution in [3.63, 3.8) is 0 Å². The summed E-state index contributed by atoms with van der Waals surface area (Å²) < 4.78 is 0. The molecule has 0 aliphatic rings. The second-order valence-electron chi connectivity index (χ2n) is 3.54. The molecule has 0 aromatic carbocycles. The van der Waals surface area contributed by atoms with Gasteiger partial charge in [-0.3, -0.25) is 9.78 Å². The van der Waals surface area contributed by atoms with Crippen LogP contribution in [0.3, 0.4) is 0 Å². The first kappa shape index (κ1) is 10.7. The number of carbonyl (C=O) groups is 1. The van der Waals surface area contributed by atoms with Crippen LogP contribution in [0.25, 0.3) is 0 Å². The molecule has 0 spiro atoms. The van der Waals surface area contributed by atoms with Crippen LogP contribution in [0.1, 0.15) is 24.6 Å². The fourth-order valence-electron chi connectivity index (χ4n) is 1.26. The van der Waals surface area contributed by atoms with Crippen molar-refractivity contribution < 1.29 is 9.90 Å². The van der Waals surface area contributed by atoms with Crippen LogP contribution in [0.5, 0.6) is 0 Å². The van der Waals surface area contributed by atoms with Crippen LogP contribution >= 0.6 is 0 Å². The van der Waals surface area contributed by atoms with Crippen LogP contribution in [0, 0.1) is 12.8 Å².